The van der Waals surface area contributed by atoms with Crippen LogP contribution in [0, 0.1) is 0 Å². The molecular weight excluding hydrogens is 192 g/mol. The number of aliphatic hydroxyl groups is 1. The van der Waals surface area contributed by atoms with Gasteiger partial charge in [-0.05, 0) is 18.1 Å². The van der Waals surface area contributed by atoms with E-state index in [2.05, 4.69) is 5.32 Å². The lowest BCUT2D eigenvalue weighted by atomic mass is 10.1. The van der Waals surface area contributed by atoms with Gasteiger partial charge in [-0.2, -0.15) is 0 Å². The Balaban J connectivity index is 2.59. The third kappa shape index (κ3) is 3.40. The lowest BCUT2D eigenvalue weighted by Gasteiger charge is -2.06. The van der Waals surface area contributed by atoms with E-state index < -0.39 is 6.10 Å². The number of aromatic nitrogens is 1. The van der Waals surface area contributed by atoms with E-state index in [-0.39, 0.29) is 5.91 Å². The average molecular weight is 210 g/mol. The van der Waals surface area contributed by atoms with Gasteiger partial charge in [-0.25, -0.2) is 0 Å². The van der Waals surface area contributed by atoms with Crippen molar-refractivity contribution in [3.63, 3.8) is 0 Å². The first-order chi connectivity index (χ1) is 7.17. The van der Waals surface area contributed by atoms with Crippen LogP contribution in [-0.2, 0) is 11.3 Å². The summed E-state index contributed by atoms with van der Waals surface area (Å²) >= 11 is 0. The van der Waals surface area contributed by atoms with Crippen molar-refractivity contribution in [1.82, 2.24) is 9.88 Å². The summed E-state index contributed by atoms with van der Waals surface area (Å²) in [5.74, 6) is -0.0397. The Bertz CT molecular complexity index is 320. The van der Waals surface area contributed by atoms with Gasteiger partial charge in [-0.1, -0.05) is 13.3 Å². The molecule has 1 aromatic rings. The van der Waals surface area contributed by atoms with E-state index in [1.807, 2.05) is 25.4 Å². The molecule has 0 aliphatic heterocycles. The fourth-order valence-electron chi connectivity index (χ4n) is 1.44. The summed E-state index contributed by atoms with van der Waals surface area (Å²) in [5, 5.41) is 12.3. The molecule has 4 heteroatoms. The number of hydrogen-bond donors (Lipinski definition) is 2. The molecule has 0 saturated heterocycles. The summed E-state index contributed by atoms with van der Waals surface area (Å²) < 4.78 is 1.77. The third-order valence-electron chi connectivity index (χ3n) is 2.33. The Kier molecular flexibility index (Phi) is 4.37. The summed E-state index contributed by atoms with van der Waals surface area (Å²) in [7, 11) is 1.61. The van der Waals surface area contributed by atoms with Crippen molar-refractivity contribution in [3.8, 4) is 0 Å². The van der Waals surface area contributed by atoms with Gasteiger partial charge in [0.2, 0.25) is 5.91 Å². The van der Waals surface area contributed by atoms with Crippen LogP contribution in [0.15, 0.2) is 18.5 Å². The topological polar surface area (TPSA) is 54.3 Å². The molecule has 1 unspecified atom stereocenters. The van der Waals surface area contributed by atoms with Crippen LogP contribution in [0.25, 0.3) is 0 Å². The monoisotopic (exact) mass is 210 g/mol. The fraction of sp³-hybridized carbons (Fsp3) is 0.545. The second-order valence-corrected chi connectivity index (χ2v) is 3.59. The van der Waals surface area contributed by atoms with E-state index in [9.17, 15) is 9.90 Å². The molecule has 0 aromatic carbocycles. The van der Waals surface area contributed by atoms with Crippen molar-refractivity contribution in [2.75, 3.05) is 7.05 Å². The normalized spacial score (nSPS) is 12.5. The SMILES string of the molecule is CCCC(O)c1ccn(CC(=O)NC)c1. The van der Waals surface area contributed by atoms with Crippen molar-refractivity contribution in [1.29, 1.82) is 0 Å². The molecule has 0 radical (unpaired) electrons. The van der Waals surface area contributed by atoms with Crippen molar-refractivity contribution in [2.45, 2.75) is 32.4 Å². The molecule has 84 valence electrons. The maximum absolute atomic E-state index is 11.1. The standard InChI is InChI=1S/C11H18N2O2/c1-3-4-10(14)9-5-6-13(7-9)8-11(15)12-2/h5-7,10,14H,3-4,8H2,1-2H3,(H,12,15). The lowest BCUT2D eigenvalue weighted by Crippen LogP contribution is -2.22. The molecule has 1 aromatic heterocycles. The number of likely N-dealkylation sites (N-methyl/N-ethyl adjacent to an activating group) is 1. The van der Waals surface area contributed by atoms with Gasteiger partial charge < -0.3 is 15.0 Å². The first kappa shape index (κ1) is 11.8. The van der Waals surface area contributed by atoms with Crippen molar-refractivity contribution in [2.24, 2.45) is 0 Å². The number of nitrogens with one attached hydrogen (secondary N) is 1. The van der Waals surface area contributed by atoms with Gasteiger partial charge in [0.1, 0.15) is 6.54 Å². The molecule has 1 rings (SSSR count). The summed E-state index contributed by atoms with van der Waals surface area (Å²) in [6, 6.07) is 1.85. The van der Waals surface area contributed by atoms with E-state index in [1.165, 1.54) is 0 Å². The number of amides is 1. The highest BCUT2D eigenvalue weighted by molar-refractivity contribution is 5.75. The molecule has 0 aliphatic carbocycles. The maximum atomic E-state index is 11.1. The minimum absolute atomic E-state index is 0.0397. The lowest BCUT2D eigenvalue weighted by molar-refractivity contribution is -0.121. The quantitative estimate of drug-likeness (QED) is 0.763. The zero-order valence-corrected chi connectivity index (χ0v) is 9.23. The van der Waals surface area contributed by atoms with Crippen LogP contribution in [0.5, 0.6) is 0 Å². The van der Waals surface area contributed by atoms with Gasteiger partial charge in [0.05, 0.1) is 6.10 Å². The molecule has 1 amide bonds. The highest BCUT2D eigenvalue weighted by atomic mass is 16.3. The maximum Gasteiger partial charge on any atom is 0.239 e. The Morgan fingerprint density at radius 3 is 3.00 bits per heavy atom. The van der Waals surface area contributed by atoms with Crippen LogP contribution < -0.4 is 5.32 Å². The van der Waals surface area contributed by atoms with E-state index in [1.54, 1.807) is 11.6 Å². The predicted octanol–water partition coefficient (Wildman–Crippen LogP) is 1.07. The summed E-state index contributed by atoms with van der Waals surface area (Å²) in [4.78, 5) is 11.1. The zero-order valence-electron chi connectivity index (χ0n) is 9.23. The fourth-order valence-corrected chi connectivity index (χ4v) is 1.44. The van der Waals surface area contributed by atoms with Crippen LogP contribution in [0.1, 0.15) is 31.4 Å². The molecule has 1 heterocycles. The highest BCUT2D eigenvalue weighted by Gasteiger charge is 2.08. The molecule has 0 saturated carbocycles. The number of hydrogen-bond acceptors (Lipinski definition) is 2. The molecular formula is C11H18N2O2. The molecule has 0 aliphatic rings. The number of carbonyl (C=O) groups is 1. The van der Waals surface area contributed by atoms with Gasteiger partial charge in [0, 0.05) is 19.4 Å². The first-order valence-corrected chi connectivity index (χ1v) is 5.21. The largest absolute Gasteiger partial charge is 0.388 e. The summed E-state index contributed by atoms with van der Waals surface area (Å²) in [6.45, 7) is 2.33. The Morgan fingerprint density at radius 2 is 2.40 bits per heavy atom. The number of carbonyl (C=O) groups excluding carboxylic acids is 1. The van der Waals surface area contributed by atoms with Gasteiger partial charge in [-0.15, -0.1) is 0 Å². The molecule has 4 nitrogen and oxygen atoms in total. The summed E-state index contributed by atoms with van der Waals surface area (Å²) in [6.07, 6.45) is 4.91. The van der Waals surface area contributed by atoms with Crippen LogP contribution in [0.2, 0.25) is 0 Å². The minimum Gasteiger partial charge on any atom is -0.388 e. The second-order valence-electron chi connectivity index (χ2n) is 3.59. The summed E-state index contributed by atoms with van der Waals surface area (Å²) in [5.41, 5.74) is 0.876. The molecule has 0 spiro atoms. The van der Waals surface area contributed by atoms with Gasteiger partial charge in [-0.3, -0.25) is 4.79 Å². The second kappa shape index (κ2) is 5.56. The highest BCUT2D eigenvalue weighted by Crippen LogP contribution is 2.18. The van der Waals surface area contributed by atoms with Gasteiger partial charge in [0.15, 0.2) is 0 Å². The molecule has 15 heavy (non-hydrogen) atoms. The number of rotatable bonds is 5. The van der Waals surface area contributed by atoms with Gasteiger partial charge in [0.25, 0.3) is 0 Å². The Labute approximate surface area is 89.9 Å². The predicted molar refractivity (Wildman–Crippen MR) is 58.4 cm³/mol. The van der Waals surface area contributed by atoms with E-state index >= 15 is 0 Å². The van der Waals surface area contributed by atoms with Crippen LogP contribution in [0.3, 0.4) is 0 Å². The van der Waals surface area contributed by atoms with Crippen LogP contribution >= 0.6 is 0 Å². The average Bonchev–Trinajstić information content (AvgIpc) is 2.66. The van der Waals surface area contributed by atoms with Gasteiger partial charge >= 0.3 is 0 Å². The van der Waals surface area contributed by atoms with Crippen molar-refractivity contribution >= 4 is 5.91 Å². The van der Waals surface area contributed by atoms with E-state index in [0.717, 1.165) is 18.4 Å². The van der Waals surface area contributed by atoms with Crippen LogP contribution in [0.4, 0.5) is 0 Å². The smallest absolute Gasteiger partial charge is 0.239 e. The molecule has 0 bridgehead atoms. The van der Waals surface area contributed by atoms with E-state index in [4.69, 9.17) is 0 Å². The van der Waals surface area contributed by atoms with Crippen molar-refractivity contribution in [3.05, 3.63) is 24.0 Å². The molecule has 1 atom stereocenters. The van der Waals surface area contributed by atoms with E-state index in [0.29, 0.717) is 6.54 Å². The molecule has 0 fully saturated rings. The Morgan fingerprint density at radius 1 is 1.67 bits per heavy atom. The third-order valence-corrected chi connectivity index (χ3v) is 2.33. The zero-order chi connectivity index (χ0) is 11.3. The first-order valence-electron chi connectivity index (χ1n) is 5.21. The minimum atomic E-state index is -0.416. The number of aliphatic hydroxyl groups excluding tert-OH is 1. The van der Waals surface area contributed by atoms with Crippen molar-refractivity contribution < 1.29 is 9.90 Å². The molecule has 2 N–H and O–H groups in total. The number of nitrogens with zero attached hydrogens (tertiary/aromatic N) is 1. The Hall–Kier alpha value is -1.29. The van der Waals surface area contributed by atoms with Crippen LogP contribution in [-0.4, -0.2) is 22.6 Å².